The van der Waals surface area contributed by atoms with Gasteiger partial charge in [0.05, 0.1) is 0 Å². The Morgan fingerprint density at radius 2 is 2.16 bits per heavy atom. The smallest absolute Gasteiger partial charge is 0.270 e. The predicted molar refractivity (Wildman–Crippen MR) is 74.7 cm³/mol. The lowest BCUT2D eigenvalue weighted by Gasteiger charge is -2.62. The topological polar surface area (TPSA) is 42.0 Å². The minimum Gasteiger partial charge on any atom is -0.348 e. The Bertz CT molecular complexity index is 483. The van der Waals surface area contributed by atoms with Crippen molar-refractivity contribution >= 4 is 5.91 Å². The molecule has 0 radical (unpaired) electrons. The maximum atomic E-state index is 12.2. The Balaban J connectivity index is 1.68. The number of carbonyl (C=O) groups excluding carboxylic acids is 1. The van der Waals surface area contributed by atoms with E-state index in [4.69, 9.17) is 0 Å². The first-order valence-corrected chi connectivity index (χ1v) is 7.22. The van der Waals surface area contributed by atoms with E-state index in [0.717, 1.165) is 18.3 Å². The molecule has 3 aliphatic carbocycles. The van der Waals surface area contributed by atoms with Gasteiger partial charge in [-0.25, -0.2) is 0 Å². The standard InChI is InChI=1S/C16H22N2O/c1-10-12-8-11(16(12,2)3)9-14(10)18-15(19)13-6-4-5-7-17-13/h4-7,10-12,14H,8-9H2,1-3H3,(H,18,19)/t10-,11+,12-,14-/m1/s1. The lowest BCUT2D eigenvalue weighted by atomic mass is 9.45. The summed E-state index contributed by atoms with van der Waals surface area (Å²) in [4.78, 5) is 16.3. The van der Waals surface area contributed by atoms with Crippen LogP contribution in [0.1, 0.15) is 44.1 Å². The Labute approximate surface area is 114 Å². The molecule has 1 aromatic rings. The van der Waals surface area contributed by atoms with Crippen LogP contribution in [0.4, 0.5) is 0 Å². The number of hydrogen-bond donors (Lipinski definition) is 1. The van der Waals surface area contributed by atoms with Crippen molar-refractivity contribution in [1.82, 2.24) is 10.3 Å². The second kappa shape index (κ2) is 4.32. The fourth-order valence-electron chi connectivity index (χ4n) is 4.08. The molecule has 0 aromatic carbocycles. The largest absolute Gasteiger partial charge is 0.348 e. The van der Waals surface area contributed by atoms with Gasteiger partial charge in [-0.15, -0.1) is 0 Å². The summed E-state index contributed by atoms with van der Waals surface area (Å²) in [5, 5.41) is 3.18. The number of nitrogens with zero attached hydrogens (tertiary/aromatic N) is 1. The Morgan fingerprint density at radius 1 is 1.37 bits per heavy atom. The summed E-state index contributed by atoms with van der Waals surface area (Å²) >= 11 is 0. The van der Waals surface area contributed by atoms with E-state index in [1.54, 1.807) is 12.3 Å². The van der Waals surface area contributed by atoms with Crippen LogP contribution in [0.15, 0.2) is 24.4 Å². The van der Waals surface area contributed by atoms with E-state index < -0.39 is 0 Å². The van der Waals surface area contributed by atoms with Crippen LogP contribution in [0, 0.1) is 23.2 Å². The quantitative estimate of drug-likeness (QED) is 0.886. The van der Waals surface area contributed by atoms with E-state index >= 15 is 0 Å². The fourth-order valence-corrected chi connectivity index (χ4v) is 4.08. The van der Waals surface area contributed by atoms with Gasteiger partial charge in [0, 0.05) is 12.2 Å². The van der Waals surface area contributed by atoms with Crippen molar-refractivity contribution in [3.63, 3.8) is 0 Å². The van der Waals surface area contributed by atoms with E-state index in [9.17, 15) is 4.79 Å². The number of hydrogen-bond acceptors (Lipinski definition) is 2. The van der Waals surface area contributed by atoms with Gasteiger partial charge in [0.15, 0.2) is 0 Å². The lowest BCUT2D eigenvalue weighted by Crippen LogP contribution is -2.60. The van der Waals surface area contributed by atoms with Crippen molar-refractivity contribution in [2.45, 2.75) is 39.7 Å². The van der Waals surface area contributed by atoms with Crippen LogP contribution >= 0.6 is 0 Å². The van der Waals surface area contributed by atoms with Gasteiger partial charge in [0.1, 0.15) is 5.69 Å². The zero-order valence-corrected chi connectivity index (χ0v) is 11.9. The third-order valence-electron chi connectivity index (χ3n) is 5.57. The summed E-state index contributed by atoms with van der Waals surface area (Å²) in [6, 6.07) is 5.77. The Morgan fingerprint density at radius 3 is 2.74 bits per heavy atom. The van der Waals surface area contributed by atoms with Crippen molar-refractivity contribution in [3.05, 3.63) is 30.1 Å². The highest BCUT2D eigenvalue weighted by molar-refractivity contribution is 5.92. The number of carbonyl (C=O) groups is 1. The molecule has 1 aromatic heterocycles. The number of aromatic nitrogens is 1. The molecular formula is C16H22N2O. The summed E-state index contributed by atoms with van der Waals surface area (Å²) in [6.45, 7) is 7.03. The molecule has 102 valence electrons. The van der Waals surface area contributed by atoms with Crippen molar-refractivity contribution in [2.24, 2.45) is 23.2 Å². The zero-order valence-electron chi connectivity index (χ0n) is 11.9. The molecule has 4 atom stereocenters. The molecule has 4 rings (SSSR count). The van der Waals surface area contributed by atoms with Crippen molar-refractivity contribution in [2.75, 3.05) is 0 Å². The number of nitrogens with one attached hydrogen (secondary N) is 1. The first-order chi connectivity index (χ1) is 9.00. The van der Waals surface area contributed by atoms with Gasteiger partial charge in [-0.2, -0.15) is 0 Å². The molecule has 0 spiro atoms. The molecule has 3 fully saturated rings. The predicted octanol–water partition coefficient (Wildman–Crippen LogP) is 2.88. The molecule has 0 unspecified atom stereocenters. The highest BCUT2D eigenvalue weighted by atomic mass is 16.1. The maximum absolute atomic E-state index is 12.2. The molecule has 1 heterocycles. The summed E-state index contributed by atoms with van der Waals surface area (Å²) in [7, 11) is 0. The van der Waals surface area contributed by atoms with Crippen LogP contribution in [0.25, 0.3) is 0 Å². The SMILES string of the molecule is C[C@@H]1[C@H]2C[C@@H](C[C@H]1NC(=O)c1ccccn1)C2(C)C. The number of amides is 1. The van der Waals surface area contributed by atoms with Gasteiger partial charge in [0.2, 0.25) is 0 Å². The van der Waals surface area contributed by atoms with Crippen LogP contribution in [0.2, 0.25) is 0 Å². The van der Waals surface area contributed by atoms with Crippen LogP contribution in [0.5, 0.6) is 0 Å². The maximum Gasteiger partial charge on any atom is 0.270 e. The second-order valence-electron chi connectivity index (χ2n) is 6.75. The molecular weight excluding hydrogens is 236 g/mol. The highest BCUT2D eigenvalue weighted by Gasteiger charge is 2.56. The number of fused-ring (bicyclic) bond motifs is 2. The fraction of sp³-hybridized carbons (Fsp3) is 0.625. The van der Waals surface area contributed by atoms with E-state index in [-0.39, 0.29) is 5.91 Å². The third-order valence-corrected chi connectivity index (χ3v) is 5.57. The van der Waals surface area contributed by atoms with E-state index in [0.29, 0.717) is 23.1 Å². The van der Waals surface area contributed by atoms with Crippen LogP contribution < -0.4 is 5.32 Å². The molecule has 3 heteroatoms. The minimum atomic E-state index is -0.0310. The third kappa shape index (κ3) is 1.96. The first kappa shape index (κ1) is 12.6. The molecule has 19 heavy (non-hydrogen) atoms. The molecule has 3 saturated carbocycles. The molecule has 1 amide bonds. The average molecular weight is 258 g/mol. The Kier molecular flexibility index (Phi) is 2.88. The van der Waals surface area contributed by atoms with Crippen LogP contribution in [-0.2, 0) is 0 Å². The first-order valence-electron chi connectivity index (χ1n) is 7.22. The summed E-state index contributed by atoms with van der Waals surface area (Å²) in [5.41, 5.74) is 0.985. The summed E-state index contributed by atoms with van der Waals surface area (Å²) in [6.07, 6.45) is 4.12. The molecule has 0 saturated heterocycles. The number of rotatable bonds is 2. The molecule has 3 aliphatic rings. The minimum absolute atomic E-state index is 0.0310. The van der Waals surface area contributed by atoms with Gasteiger partial charge in [-0.05, 0) is 48.1 Å². The number of pyridine rings is 1. The summed E-state index contributed by atoms with van der Waals surface area (Å²) < 4.78 is 0. The van der Waals surface area contributed by atoms with Gasteiger partial charge >= 0.3 is 0 Å². The van der Waals surface area contributed by atoms with Gasteiger partial charge in [-0.3, -0.25) is 9.78 Å². The Hall–Kier alpha value is -1.38. The average Bonchev–Trinajstić information content (AvgIpc) is 2.41. The second-order valence-corrected chi connectivity index (χ2v) is 6.75. The molecule has 1 N–H and O–H groups in total. The zero-order chi connectivity index (χ0) is 13.6. The van der Waals surface area contributed by atoms with Gasteiger partial charge in [-0.1, -0.05) is 26.8 Å². The van der Waals surface area contributed by atoms with Crippen LogP contribution in [0.3, 0.4) is 0 Å². The summed E-state index contributed by atoms with van der Waals surface area (Å²) in [5.74, 6) is 2.05. The van der Waals surface area contributed by atoms with Gasteiger partial charge < -0.3 is 5.32 Å². The van der Waals surface area contributed by atoms with E-state index in [2.05, 4.69) is 31.1 Å². The van der Waals surface area contributed by atoms with Gasteiger partial charge in [0.25, 0.3) is 5.91 Å². The molecule has 2 bridgehead atoms. The van der Waals surface area contributed by atoms with E-state index in [1.165, 1.54) is 6.42 Å². The van der Waals surface area contributed by atoms with Crippen molar-refractivity contribution in [1.29, 1.82) is 0 Å². The van der Waals surface area contributed by atoms with Crippen molar-refractivity contribution in [3.8, 4) is 0 Å². The van der Waals surface area contributed by atoms with Crippen LogP contribution in [-0.4, -0.2) is 16.9 Å². The molecule has 3 nitrogen and oxygen atoms in total. The van der Waals surface area contributed by atoms with E-state index in [1.807, 2.05) is 12.1 Å². The lowest BCUT2D eigenvalue weighted by molar-refractivity contribution is -0.113. The molecule has 0 aliphatic heterocycles. The highest BCUT2D eigenvalue weighted by Crippen LogP contribution is 2.61. The normalized spacial score (nSPS) is 35.3. The van der Waals surface area contributed by atoms with Crippen molar-refractivity contribution < 1.29 is 4.79 Å². The monoisotopic (exact) mass is 258 g/mol.